The predicted molar refractivity (Wildman–Crippen MR) is 122 cm³/mol. The number of aryl methyl sites for hydroxylation is 2. The Balaban J connectivity index is 1.95. The number of ether oxygens (including phenoxy) is 1. The second-order valence-electron chi connectivity index (χ2n) is 8.68. The fraction of sp³-hybridized carbons (Fsp3) is 0.500. The average Bonchev–Trinajstić information content (AvgIpc) is 3.02. The lowest BCUT2D eigenvalue weighted by molar-refractivity contribution is 0.157. The fourth-order valence-electron chi connectivity index (χ4n) is 4.96. The summed E-state index contributed by atoms with van der Waals surface area (Å²) < 4.78 is 6.02. The third-order valence-electron chi connectivity index (χ3n) is 6.82. The van der Waals surface area contributed by atoms with Crippen molar-refractivity contribution in [2.45, 2.75) is 72.8 Å². The molecule has 1 amide bonds. The zero-order valence-corrected chi connectivity index (χ0v) is 19.0. The van der Waals surface area contributed by atoms with Crippen molar-refractivity contribution in [3.05, 3.63) is 52.6 Å². The fourth-order valence-corrected chi connectivity index (χ4v) is 4.96. The van der Waals surface area contributed by atoms with Crippen LogP contribution in [0.25, 0.3) is 11.1 Å². The van der Waals surface area contributed by atoms with E-state index in [1.807, 2.05) is 0 Å². The van der Waals surface area contributed by atoms with Gasteiger partial charge >= 0.3 is 6.09 Å². The second kappa shape index (κ2) is 9.11. The average molecular weight is 410 g/mol. The van der Waals surface area contributed by atoms with E-state index < -0.39 is 6.09 Å². The van der Waals surface area contributed by atoms with E-state index in [0.717, 1.165) is 61.2 Å². The van der Waals surface area contributed by atoms with Crippen LogP contribution in [0.2, 0.25) is 0 Å². The number of amides is 1. The van der Waals surface area contributed by atoms with Crippen molar-refractivity contribution in [2.24, 2.45) is 5.41 Å². The zero-order valence-electron chi connectivity index (χ0n) is 19.0. The smallest absolute Gasteiger partial charge is 0.405 e. The number of benzene rings is 2. The first-order valence-electron chi connectivity index (χ1n) is 11.2. The number of fused-ring (bicyclic) bond motifs is 1. The molecule has 2 N–H and O–H groups in total. The van der Waals surface area contributed by atoms with Gasteiger partial charge in [-0.15, -0.1) is 0 Å². The Bertz CT molecular complexity index is 891. The molecule has 162 valence electrons. The Morgan fingerprint density at radius 2 is 1.77 bits per heavy atom. The van der Waals surface area contributed by atoms with Crippen LogP contribution >= 0.6 is 0 Å². The van der Waals surface area contributed by atoms with Crippen LogP contribution in [0.1, 0.15) is 74.8 Å². The molecule has 0 saturated carbocycles. The van der Waals surface area contributed by atoms with Gasteiger partial charge in [0.1, 0.15) is 5.75 Å². The van der Waals surface area contributed by atoms with Crippen LogP contribution in [-0.2, 0) is 6.42 Å². The molecule has 1 unspecified atom stereocenters. The minimum atomic E-state index is -0.951. The highest BCUT2D eigenvalue weighted by Gasteiger charge is 2.44. The largest absolute Gasteiger partial charge is 0.493 e. The summed E-state index contributed by atoms with van der Waals surface area (Å²) in [5, 5.41) is 12.2. The van der Waals surface area contributed by atoms with Gasteiger partial charge in [-0.2, -0.15) is 0 Å². The van der Waals surface area contributed by atoms with E-state index in [2.05, 4.69) is 70.3 Å². The Labute approximate surface area is 180 Å². The van der Waals surface area contributed by atoms with Crippen molar-refractivity contribution in [3.8, 4) is 16.9 Å². The molecule has 0 fully saturated rings. The van der Waals surface area contributed by atoms with Gasteiger partial charge in [-0.25, -0.2) is 4.79 Å². The molecule has 2 aromatic rings. The van der Waals surface area contributed by atoms with Crippen molar-refractivity contribution in [1.29, 1.82) is 0 Å². The first kappa shape index (κ1) is 22.2. The van der Waals surface area contributed by atoms with E-state index in [4.69, 9.17) is 4.74 Å². The monoisotopic (exact) mass is 409 g/mol. The molecule has 4 nitrogen and oxygen atoms in total. The molecule has 2 aromatic carbocycles. The first-order chi connectivity index (χ1) is 14.3. The number of rotatable bonds is 8. The molecule has 3 rings (SSSR count). The summed E-state index contributed by atoms with van der Waals surface area (Å²) in [6.45, 7) is 11.5. The molecule has 30 heavy (non-hydrogen) atoms. The quantitative estimate of drug-likeness (QED) is 0.470. The third-order valence-corrected chi connectivity index (χ3v) is 6.82. The number of hydrogen-bond donors (Lipinski definition) is 2. The Kier molecular flexibility index (Phi) is 6.74. The normalized spacial score (nSPS) is 16.9. The van der Waals surface area contributed by atoms with Gasteiger partial charge in [-0.05, 0) is 90.5 Å². The summed E-state index contributed by atoms with van der Waals surface area (Å²) >= 11 is 0. The zero-order chi connectivity index (χ0) is 21.9. The summed E-state index contributed by atoms with van der Waals surface area (Å²) in [6, 6.07) is 10.8. The Morgan fingerprint density at radius 1 is 1.10 bits per heavy atom. The summed E-state index contributed by atoms with van der Waals surface area (Å²) in [7, 11) is 0. The third kappa shape index (κ3) is 4.19. The van der Waals surface area contributed by atoms with E-state index in [9.17, 15) is 9.90 Å². The second-order valence-corrected chi connectivity index (χ2v) is 8.68. The van der Waals surface area contributed by atoms with Gasteiger partial charge in [0.2, 0.25) is 0 Å². The molecule has 1 aliphatic rings. The van der Waals surface area contributed by atoms with E-state index in [1.165, 1.54) is 16.7 Å². The highest BCUT2D eigenvalue weighted by molar-refractivity contribution is 5.70. The van der Waals surface area contributed by atoms with E-state index in [1.54, 1.807) is 0 Å². The van der Waals surface area contributed by atoms with E-state index >= 15 is 0 Å². The summed E-state index contributed by atoms with van der Waals surface area (Å²) in [5.41, 5.74) is 7.00. The molecule has 0 spiro atoms. The van der Waals surface area contributed by atoms with Gasteiger partial charge in [-0.1, -0.05) is 45.4 Å². The van der Waals surface area contributed by atoms with Crippen molar-refractivity contribution >= 4 is 6.09 Å². The minimum Gasteiger partial charge on any atom is -0.493 e. The molecule has 1 aliphatic carbocycles. The summed E-state index contributed by atoms with van der Waals surface area (Å²) in [4.78, 5) is 11.5. The molecule has 0 radical (unpaired) electrons. The molecule has 0 aliphatic heterocycles. The minimum absolute atomic E-state index is 0.0534. The van der Waals surface area contributed by atoms with Crippen molar-refractivity contribution in [2.75, 3.05) is 6.61 Å². The SMILES string of the molecule is CCCCOc1c(C)cc(-c2ccc3c(c2)CC(CC)(CC)C3NC(=O)O)cc1C. The standard InChI is InChI=1S/C26H35NO3/c1-6-9-12-30-23-17(4)13-20(14-18(23)5)19-10-11-22-21(15-19)16-26(7-2,8-3)24(22)27-25(28)29/h10-11,13-15,24,27H,6-9,12,16H2,1-5H3,(H,28,29). The van der Waals surface area contributed by atoms with Crippen molar-refractivity contribution < 1.29 is 14.6 Å². The number of carbonyl (C=O) groups is 1. The molecular weight excluding hydrogens is 374 g/mol. The van der Waals surface area contributed by atoms with Gasteiger partial charge < -0.3 is 15.2 Å². The molecule has 0 saturated heterocycles. The summed E-state index contributed by atoms with van der Waals surface area (Å²) in [6.07, 6.45) is 4.03. The number of carboxylic acid groups (broad SMARTS) is 1. The molecule has 0 heterocycles. The Morgan fingerprint density at radius 3 is 2.33 bits per heavy atom. The number of nitrogens with one attached hydrogen (secondary N) is 1. The van der Waals surface area contributed by atoms with Crippen molar-refractivity contribution in [1.82, 2.24) is 5.32 Å². The van der Waals surface area contributed by atoms with Crippen LogP contribution in [0.5, 0.6) is 5.75 Å². The van der Waals surface area contributed by atoms with Gasteiger partial charge in [-0.3, -0.25) is 0 Å². The maximum Gasteiger partial charge on any atom is 0.405 e. The number of unbranched alkanes of at least 4 members (excludes halogenated alkanes) is 1. The topological polar surface area (TPSA) is 58.6 Å². The van der Waals surface area contributed by atoms with Gasteiger partial charge in [0.05, 0.1) is 12.6 Å². The van der Waals surface area contributed by atoms with E-state index in [0.29, 0.717) is 0 Å². The Hall–Kier alpha value is -2.49. The molecule has 1 atom stereocenters. The van der Waals surface area contributed by atoms with Crippen LogP contribution < -0.4 is 10.1 Å². The first-order valence-corrected chi connectivity index (χ1v) is 11.2. The van der Waals surface area contributed by atoms with Crippen LogP contribution in [0.3, 0.4) is 0 Å². The van der Waals surface area contributed by atoms with Crippen LogP contribution in [0, 0.1) is 19.3 Å². The molecular formula is C26H35NO3. The molecule has 0 aromatic heterocycles. The highest BCUT2D eigenvalue weighted by Crippen LogP contribution is 2.51. The summed E-state index contributed by atoms with van der Waals surface area (Å²) in [5.74, 6) is 0.995. The van der Waals surface area contributed by atoms with E-state index in [-0.39, 0.29) is 11.5 Å². The van der Waals surface area contributed by atoms with Gasteiger partial charge in [0.15, 0.2) is 0 Å². The lowest BCUT2D eigenvalue weighted by Gasteiger charge is -2.33. The van der Waals surface area contributed by atoms with Crippen LogP contribution in [-0.4, -0.2) is 17.8 Å². The van der Waals surface area contributed by atoms with Crippen molar-refractivity contribution in [3.63, 3.8) is 0 Å². The van der Waals surface area contributed by atoms with Gasteiger partial charge in [0.25, 0.3) is 0 Å². The lowest BCUT2D eigenvalue weighted by Crippen LogP contribution is -2.37. The predicted octanol–water partition coefficient (Wildman–Crippen LogP) is 6.82. The van der Waals surface area contributed by atoms with Gasteiger partial charge in [0, 0.05) is 0 Å². The molecule has 4 heteroatoms. The van der Waals surface area contributed by atoms with Crippen LogP contribution in [0.4, 0.5) is 4.79 Å². The number of hydrogen-bond acceptors (Lipinski definition) is 2. The molecule has 0 bridgehead atoms. The maximum absolute atomic E-state index is 11.5. The van der Waals surface area contributed by atoms with Crippen LogP contribution in [0.15, 0.2) is 30.3 Å². The highest BCUT2D eigenvalue weighted by atomic mass is 16.5. The lowest BCUT2D eigenvalue weighted by atomic mass is 9.76. The maximum atomic E-state index is 11.5.